The Bertz CT molecular complexity index is 486. The molecule has 0 saturated heterocycles. The highest BCUT2D eigenvalue weighted by Gasteiger charge is 2.21. The molecule has 0 heterocycles. The number of alkyl halides is 1. The van der Waals surface area contributed by atoms with Crippen molar-refractivity contribution in [2.75, 3.05) is 5.88 Å². The average molecular weight is 290 g/mol. The van der Waals surface area contributed by atoms with Gasteiger partial charge in [-0.2, -0.15) is 0 Å². The summed E-state index contributed by atoms with van der Waals surface area (Å²) in [4.78, 5) is 0.308. The van der Waals surface area contributed by atoms with Crippen LogP contribution in [0.25, 0.3) is 0 Å². The summed E-state index contributed by atoms with van der Waals surface area (Å²) in [6.45, 7) is 5.84. The van der Waals surface area contributed by atoms with Gasteiger partial charge in [0.25, 0.3) is 0 Å². The maximum atomic E-state index is 12.2. The minimum Gasteiger partial charge on any atom is -0.208 e. The van der Waals surface area contributed by atoms with Gasteiger partial charge in [0.2, 0.25) is 10.0 Å². The van der Waals surface area contributed by atoms with Crippen LogP contribution in [0.3, 0.4) is 0 Å². The van der Waals surface area contributed by atoms with Crippen molar-refractivity contribution < 1.29 is 8.42 Å². The van der Waals surface area contributed by atoms with Gasteiger partial charge in [-0.05, 0) is 37.0 Å². The summed E-state index contributed by atoms with van der Waals surface area (Å²) in [5.74, 6) is 0.655. The topological polar surface area (TPSA) is 46.2 Å². The van der Waals surface area contributed by atoms with Gasteiger partial charge in [-0.3, -0.25) is 0 Å². The SMILES string of the molecule is Cc1cccc(S(=O)(=O)NC(CCCl)C(C)C)c1. The lowest BCUT2D eigenvalue weighted by molar-refractivity contribution is 0.439. The van der Waals surface area contributed by atoms with Crippen LogP contribution in [-0.4, -0.2) is 20.3 Å². The van der Waals surface area contributed by atoms with Crippen molar-refractivity contribution in [3.63, 3.8) is 0 Å². The third-order valence-electron chi connectivity index (χ3n) is 2.83. The van der Waals surface area contributed by atoms with Crippen LogP contribution in [-0.2, 0) is 10.0 Å². The maximum absolute atomic E-state index is 12.2. The molecule has 0 spiro atoms. The lowest BCUT2D eigenvalue weighted by Crippen LogP contribution is -2.38. The molecule has 0 aromatic heterocycles. The van der Waals surface area contributed by atoms with Gasteiger partial charge in [-0.25, -0.2) is 13.1 Å². The molecule has 1 unspecified atom stereocenters. The van der Waals surface area contributed by atoms with E-state index < -0.39 is 10.0 Å². The van der Waals surface area contributed by atoms with Crippen LogP contribution in [0.5, 0.6) is 0 Å². The Morgan fingerprint density at radius 2 is 2.00 bits per heavy atom. The molecule has 1 rings (SSSR count). The van der Waals surface area contributed by atoms with E-state index in [9.17, 15) is 8.42 Å². The predicted molar refractivity (Wildman–Crippen MR) is 75.5 cm³/mol. The molecule has 1 aromatic rings. The molecule has 1 N–H and O–H groups in total. The molecule has 0 fully saturated rings. The van der Waals surface area contributed by atoms with Crippen molar-refractivity contribution in [1.82, 2.24) is 4.72 Å². The number of hydrogen-bond acceptors (Lipinski definition) is 2. The summed E-state index contributed by atoms with van der Waals surface area (Å²) in [5.41, 5.74) is 0.927. The highest BCUT2D eigenvalue weighted by molar-refractivity contribution is 7.89. The lowest BCUT2D eigenvalue weighted by Gasteiger charge is -2.21. The van der Waals surface area contributed by atoms with Crippen molar-refractivity contribution in [1.29, 1.82) is 0 Å². The minimum absolute atomic E-state index is 0.131. The van der Waals surface area contributed by atoms with Crippen molar-refractivity contribution in [2.45, 2.75) is 38.1 Å². The lowest BCUT2D eigenvalue weighted by atomic mass is 10.0. The first-order valence-electron chi connectivity index (χ1n) is 6.02. The molecule has 0 radical (unpaired) electrons. The first-order valence-corrected chi connectivity index (χ1v) is 8.03. The van der Waals surface area contributed by atoms with Crippen molar-refractivity contribution in [3.05, 3.63) is 29.8 Å². The summed E-state index contributed by atoms with van der Waals surface area (Å²) < 4.78 is 27.2. The Hall–Kier alpha value is -0.580. The summed E-state index contributed by atoms with van der Waals surface area (Å²) in [5, 5.41) is 0. The van der Waals surface area contributed by atoms with Gasteiger partial charge in [0.1, 0.15) is 0 Å². The van der Waals surface area contributed by atoms with Gasteiger partial charge >= 0.3 is 0 Å². The smallest absolute Gasteiger partial charge is 0.208 e. The second-order valence-electron chi connectivity index (χ2n) is 4.77. The minimum atomic E-state index is -3.46. The first-order chi connectivity index (χ1) is 8.36. The predicted octanol–water partition coefficient (Wildman–Crippen LogP) is 2.93. The monoisotopic (exact) mass is 289 g/mol. The van der Waals surface area contributed by atoms with E-state index in [1.165, 1.54) is 0 Å². The van der Waals surface area contributed by atoms with E-state index in [1.807, 2.05) is 26.8 Å². The van der Waals surface area contributed by atoms with Gasteiger partial charge < -0.3 is 0 Å². The zero-order valence-electron chi connectivity index (χ0n) is 11.0. The molecule has 1 aromatic carbocycles. The molecule has 102 valence electrons. The van der Waals surface area contributed by atoms with Crippen LogP contribution in [0.2, 0.25) is 0 Å². The zero-order valence-corrected chi connectivity index (χ0v) is 12.6. The number of hydrogen-bond donors (Lipinski definition) is 1. The van der Waals surface area contributed by atoms with E-state index >= 15 is 0 Å². The zero-order chi connectivity index (χ0) is 13.8. The number of halogens is 1. The normalized spacial score (nSPS) is 13.8. The number of rotatable bonds is 6. The van der Waals surface area contributed by atoms with Crippen LogP contribution in [0.15, 0.2) is 29.2 Å². The third-order valence-corrected chi connectivity index (χ3v) is 4.54. The fourth-order valence-electron chi connectivity index (χ4n) is 1.70. The molecule has 0 saturated carbocycles. The molecular formula is C13H20ClNO2S. The van der Waals surface area contributed by atoms with Gasteiger partial charge in [-0.1, -0.05) is 26.0 Å². The van der Waals surface area contributed by atoms with Gasteiger partial charge in [0, 0.05) is 11.9 Å². The molecule has 0 amide bonds. The number of sulfonamides is 1. The Morgan fingerprint density at radius 3 is 2.50 bits per heavy atom. The molecule has 5 heteroatoms. The second kappa shape index (κ2) is 6.55. The number of nitrogens with one attached hydrogen (secondary N) is 1. The molecule has 0 aliphatic carbocycles. The standard InChI is InChI=1S/C13H20ClNO2S/c1-10(2)13(7-8-14)15-18(16,17)12-6-4-5-11(3)9-12/h4-6,9-10,13,15H,7-8H2,1-3H3. The van der Waals surface area contributed by atoms with Crippen molar-refractivity contribution >= 4 is 21.6 Å². The first kappa shape index (κ1) is 15.5. The molecule has 0 bridgehead atoms. The van der Waals surface area contributed by atoms with Crippen molar-refractivity contribution in [3.8, 4) is 0 Å². The number of benzene rings is 1. The second-order valence-corrected chi connectivity index (χ2v) is 6.86. The summed E-state index contributed by atoms with van der Waals surface area (Å²) in [6.07, 6.45) is 0.629. The molecular weight excluding hydrogens is 270 g/mol. The highest BCUT2D eigenvalue weighted by Crippen LogP contribution is 2.15. The van der Waals surface area contributed by atoms with E-state index in [1.54, 1.807) is 18.2 Å². The van der Waals surface area contributed by atoms with E-state index in [4.69, 9.17) is 11.6 Å². The summed E-state index contributed by atoms with van der Waals surface area (Å²) in [7, 11) is -3.46. The fourth-order valence-corrected chi connectivity index (χ4v) is 3.45. The molecule has 3 nitrogen and oxygen atoms in total. The quantitative estimate of drug-likeness (QED) is 0.819. The van der Waals surface area contributed by atoms with Crippen LogP contribution < -0.4 is 4.72 Å². The summed E-state index contributed by atoms with van der Waals surface area (Å²) >= 11 is 5.71. The van der Waals surface area contributed by atoms with Crippen molar-refractivity contribution in [2.24, 2.45) is 5.92 Å². The van der Waals surface area contributed by atoms with Crippen LogP contribution >= 0.6 is 11.6 Å². The summed E-state index contributed by atoms with van der Waals surface area (Å²) in [6, 6.07) is 6.76. The van der Waals surface area contributed by atoms with E-state index in [0.717, 1.165) is 5.56 Å². The van der Waals surface area contributed by atoms with Gasteiger partial charge in [0.05, 0.1) is 4.90 Å². The Labute approximate surface area is 115 Å². The van der Waals surface area contributed by atoms with E-state index in [0.29, 0.717) is 17.2 Å². The molecule has 0 aliphatic rings. The van der Waals surface area contributed by atoms with Gasteiger partial charge in [0.15, 0.2) is 0 Å². The molecule has 18 heavy (non-hydrogen) atoms. The van der Waals surface area contributed by atoms with Crippen LogP contribution in [0.1, 0.15) is 25.8 Å². The molecule has 0 aliphatic heterocycles. The fraction of sp³-hybridized carbons (Fsp3) is 0.538. The molecule has 1 atom stereocenters. The van der Waals surface area contributed by atoms with E-state index in [2.05, 4.69) is 4.72 Å². The van der Waals surface area contributed by atoms with Crippen LogP contribution in [0, 0.1) is 12.8 Å². The third kappa shape index (κ3) is 4.26. The Morgan fingerprint density at radius 1 is 1.33 bits per heavy atom. The highest BCUT2D eigenvalue weighted by atomic mass is 35.5. The Kier molecular flexibility index (Phi) is 5.63. The number of aryl methyl sites for hydroxylation is 1. The van der Waals surface area contributed by atoms with Crippen LogP contribution in [0.4, 0.5) is 0 Å². The average Bonchev–Trinajstić information content (AvgIpc) is 2.28. The van der Waals surface area contributed by atoms with Gasteiger partial charge in [-0.15, -0.1) is 11.6 Å². The Balaban J connectivity index is 2.93. The maximum Gasteiger partial charge on any atom is 0.240 e. The van der Waals surface area contributed by atoms with E-state index in [-0.39, 0.29) is 12.0 Å². The largest absolute Gasteiger partial charge is 0.240 e.